The van der Waals surface area contributed by atoms with Crippen molar-refractivity contribution in [2.24, 2.45) is 5.92 Å². The highest BCUT2D eigenvalue weighted by molar-refractivity contribution is 7.71. The van der Waals surface area contributed by atoms with Gasteiger partial charge in [-0.15, -0.1) is 0 Å². The van der Waals surface area contributed by atoms with E-state index in [1.165, 1.54) is 12.8 Å². The van der Waals surface area contributed by atoms with Gasteiger partial charge in [-0.25, -0.2) is 0 Å². The van der Waals surface area contributed by atoms with E-state index in [1.807, 2.05) is 19.1 Å². The molecule has 1 aromatic heterocycles. The highest BCUT2D eigenvalue weighted by Crippen LogP contribution is 2.29. The average Bonchev–Trinajstić information content (AvgIpc) is 3.24. The van der Waals surface area contributed by atoms with Crippen molar-refractivity contribution in [3.05, 3.63) is 23.0 Å². The number of benzene rings is 1. The fourth-order valence-corrected chi connectivity index (χ4v) is 2.80. The molecule has 0 radical (unpaired) electrons. The Morgan fingerprint density at radius 2 is 2.24 bits per heavy atom. The topological polar surface area (TPSA) is 39.2 Å². The van der Waals surface area contributed by atoms with E-state index in [-0.39, 0.29) is 0 Å². The summed E-state index contributed by atoms with van der Waals surface area (Å²) >= 11 is 5.44. The summed E-state index contributed by atoms with van der Waals surface area (Å²) in [5, 5.41) is 0. The summed E-state index contributed by atoms with van der Waals surface area (Å²) in [6, 6.07) is 6.06. The lowest BCUT2D eigenvalue weighted by molar-refractivity contribution is 0.119. The van der Waals surface area contributed by atoms with Crippen molar-refractivity contribution in [2.75, 3.05) is 19.8 Å². The van der Waals surface area contributed by atoms with Crippen molar-refractivity contribution in [1.29, 1.82) is 0 Å². The fourth-order valence-electron chi connectivity index (χ4n) is 2.51. The van der Waals surface area contributed by atoms with Crippen LogP contribution in [0, 0.1) is 10.7 Å². The number of fused-ring (bicyclic) bond motifs is 1. The Morgan fingerprint density at radius 3 is 3.00 bits per heavy atom. The fraction of sp³-hybridized carbons (Fsp3) is 0.562. The van der Waals surface area contributed by atoms with Crippen LogP contribution in [0.2, 0.25) is 0 Å². The van der Waals surface area contributed by atoms with Crippen LogP contribution in [0.3, 0.4) is 0 Å². The maximum Gasteiger partial charge on any atom is 0.178 e. The van der Waals surface area contributed by atoms with E-state index in [4.69, 9.17) is 21.7 Å². The molecule has 3 rings (SSSR count). The largest absolute Gasteiger partial charge is 0.492 e. The molecule has 21 heavy (non-hydrogen) atoms. The number of aryl methyl sites for hydroxylation is 1. The predicted molar refractivity (Wildman–Crippen MR) is 86.5 cm³/mol. The van der Waals surface area contributed by atoms with Crippen molar-refractivity contribution in [3.63, 3.8) is 0 Å². The molecule has 1 aliphatic rings. The normalized spacial score (nSPS) is 14.7. The second-order valence-electron chi connectivity index (χ2n) is 5.54. The monoisotopic (exact) mass is 306 g/mol. The molecule has 0 amide bonds. The summed E-state index contributed by atoms with van der Waals surface area (Å²) in [5.74, 6) is 1.69. The highest BCUT2D eigenvalue weighted by atomic mass is 32.1. The quantitative estimate of drug-likeness (QED) is 0.593. The molecule has 5 heteroatoms. The molecule has 2 aromatic rings. The Hall–Kier alpha value is -1.33. The zero-order valence-corrected chi connectivity index (χ0v) is 13.2. The van der Waals surface area contributed by atoms with E-state index in [0.717, 1.165) is 53.7 Å². The first-order chi connectivity index (χ1) is 10.3. The molecule has 1 aliphatic carbocycles. The van der Waals surface area contributed by atoms with Gasteiger partial charge < -0.3 is 19.0 Å². The molecule has 0 atom stereocenters. The van der Waals surface area contributed by atoms with E-state index in [0.29, 0.717) is 6.61 Å². The molecule has 1 heterocycles. The third-order valence-corrected chi connectivity index (χ3v) is 4.12. The summed E-state index contributed by atoms with van der Waals surface area (Å²) in [4.78, 5) is 3.26. The molecule has 0 spiro atoms. The number of H-pyrrole nitrogens is 1. The Kier molecular flexibility index (Phi) is 4.60. The van der Waals surface area contributed by atoms with Crippen molar-refractivity contribution in [1.82, 2.24) is 9.55 Å². The Bertz CT molecular complexity index is 658. The van der Waals surface area contributed by atoms with E-state index >= 15 is 0 Å². The molecular formula is C16H22N2O2S. The summed E-state index contributed by atoms with van der Waals surface area (Å²) in [6.07, 6.45) is 3.66. The molecule has 1 aromatic carbocycles. The van der Waals surface area contributed by atoms with Crippen molar-refractivity contribution in [2.45, 2.75) is 32.7 Å². The third-order valence-electron chi connectivity index (χ3n) is 3.79. The zero-order chi connectivity index (χ0) is 14.7. The maximum atomic E-state index is 5.69. The number of rotatable bonds is 8. The maximum absolute atomic E-state index is 5.69. The smallest absolute Gasteiger partial charge is 0.178 e. The number of ether oxygens (including phenoxy) is 2. The van der Waals surface area contributed by atoms with Crippen LogP contribution in [0.1, 0.15) is 26.2 Å². The lowest BCUT2D eigenvalue weighted by Gasteiger charge is -2.07. The summed E-state index contributed by atoms with van der Waals surface area (Å²) in [5.41, 5.74) is 2.09. The van der Waals surface area contributed by atoms with Gasteiger partial charge in [-0.2, -0.15) is 0 Å². The van der Waals surface area contributed by atoms with Gasteiger partial charge >= 0.3 is 0 Å². The lowest BCUT2D eigenvalue weighted by Crippen LogP contribution is -2.04. The second kappa shape index (κ2) is 6.62. The number of imidazole rings is 1. The standard InChI is InChI=1S/C16H22N2O2S/c1-2-20-14-6-3-5-13-15(14)17-16(21)18(13)9-4-10-19-11-12-7-8-12/h3,5-6,12H,2,4,7-11H2,1H3,(H,17,21). The van der Waals surface area contributed by atoms with Crippen molar-refractivity contribution < 1.29 is 9.47 Å². The summed E-state index contributed by atoms with van der Waals surface area (Å²) in [6.45, 7) is 5.24. The molecule has 1 saturated carbocycles. The van der Waals surface area contributed by atoms with Crippen LogP contribution in [0.5, 0.6) is 5.75 Å². The van der Waals surface area contributed by atoms with Gasteiger partial charge in [0.25, 0.3) is 0 Å². The van der Waals surface area contributed by atoms with E-state index in [9.17, 15) is 0 Å². The van der Waals surface area contributed by atoms with Gasteiger partial charge in [0.1, 0.15) is 11.3 Å². The van der Waals surface area contributed by atoms with Crippen LogP contribution in [0.15, 0.2) is 18.2 Å². The van der Waals surface area contributed by atoms with Gasteiger partial charge in [0.15, 0.2) is 4.77 Å². The van der Waals surface area contributed by atoms with Gasteiger partial charge in [-0.05, 0) is 56.5 Å². The molecule has 114 valence electrons. The summed E-state index contributed by atoms with van der Waals surface area (Å²) < 4.78 is 14.2. The first kappa shape index (κ1) is 14.6. The van der Waals surface area contributed by atoms with Gasteiger partial charge in [0.05, 0.1) is 12.1 Å². The number of aromatic nitrogens is 2. The second-order valence-corrected chi connectivity index (χ2v) is 5.92. The highest BCUT2D eigenvalue weighted by Gasteiger charge is 2.20. The Labute approximate surface area is 130 Å². The predicted octanol–water partition coefficient (Wildman–Crippen LogP) is 3.91. The van der Waals surface area contributed by atoms with Crippen LogP contribution < -0.4 is 4.74 Å². The van der Waals surface area contributed by atoms with Gasteiger partial charge in [-0.1, -0.05) is 6.07 Å². The number of aromatic amines is 1. The Morgan fingerprint density at radius 1 is 1.38 bits per heavy atom. The number of hydrogen-bond donors (Lipinski definition) is 1. The first-order valence-electron chi connectivity index (χ1n) is 7.71. The molecule has 0 saturated heterocycles. The van der Waals surface area contributed by atoms with E-state index in [1.54, 1.807) is 0 Å². The molecule has 1 N–H and O–H groups in total. The average molecular weight is 306 g/mol. The van der Waals surface area contributed by atoms with Crippen LogP contribution in [-0.4, -0.2) is 29.4 Å². The van der Waals surface area contributed by atoms with Gasteiger partial charge in [0.2, 0.25) is 0 Å². The number of hydrogen-bond acceptors (Lipinski definition) is 3. The minimum Gasteiger partial charge on any atom is -0.492 e. The molecule has 4 nitrogen and oxygen atoms in total. The Balaban J connectivity index is 1.67. The third kappa shape index (κ3) is 3.47. The molecule has 0 bridgehead atoms. The minimum absolute atomic E-state index is 0.653. The SMILES string of the molecule is CCOc1cccc2c1[nH]c(=S)n2CCCOCC1CC1. The van der Waals surface area contributed by atoms with Gasteiger partial charge in [-0.3, -0.25) is 0 Å². The number of para-hydroxylation sites is 1. The molecule has 0 unspecified atom stereocenters. The summed E-state index contributed by atoms with van der Waals surface area (Å²) in [7, 11) is 0. The minimum atomic E-state index is 0.653. The van der Waals surface area contributed by atoms with E-state index < -0.39 is 0 Å². The molecular weight excluding hydrogens is 284 g/mol. The lowest BCUT2D eigenvalue weighted by atomic mass is 10.3. The van der Waals surface area contributed by atoms with Crippen molar-refractivity contribution >= 4 is 23.3 Å². The number of nitrogens with zero attached hydrogens (tertiary/aromatic N) is 1. The van der Waals surface area contributed by atoms with Crippen molar-refractivity contribution in [3.8, 4) is 5.75 Å². The van der Waals surface area contributed by atoms with Crippen LogP contribution >= 0.6 is 12.2 Å². The molecule has 1 fully saturated rings. The van der Waals surface area contributed by atoms with E-state index in [2.05, 4.69) is 15.6 Å². The van der Waals surface area contributed by atoms with Crippen LogP contribution in [0.25, 0.3) is 11.0 Å². The van der Waals surface area contributed by atoms with Crippen LogP contribution in [0.4, 0.5) is 0 Å². The zero-order valence-electron chi connectivity index (χ0n) is 12.4. The first-order valence-corrected chi connectivity index (χ1v) is 8.12. The molecule has 0 aliphatic heterocycles. The number of nitrogens with one attached hydrogen (secondary N) is 1. The van der Waals surface area contributed by atoms with Gasteiger partial charge in [0, 0.05) is 19.8 Å². The van der Waals surface area contributed by atoms with Crippen LogP contribution in [-0.2, 0) is 11.3 Å².